The van der Waals surface area contributed by atoms with Crippen LogP contribution in [0.2, 0.25) is 5.02 Å². The van der Waals surface area contributed by atoms with Gasteiger partial charge in [-0.15, -0.1) is 0 Å². The maximum Gasteiger partial charge on any atom is 0.407 e. The van der Waals surface area contributed by atoms with Crippen molar-refractivity contribution < 1.29 is 14.7 Å². The fourth-order valence-electron chi connectivity index (χ4n) is 4.50. The summed E-state index contributed by atoms with van der Waals surface area (Å²) in [6.45, 7) is 0.794. The van der Waals surface area contributed by atoms with Gasteiger partial charge in [-0.1, -0.05) is 41.9 Å². The van der Waals surface area contributed by atoms with Crippen LogP contribution in [-0.2, 0) is 11.2 Å². The van der Waals surface area contributed by atoms with Crippen molar-refractivity contribution in [3.63, 3.8) is 0 Å². The molecule has 176 valence electrons. The molecular formula is C23H24ClN7O3. The Balaban J connectivity index is 1.38. The lowest BCUT2D eigenvalue weighted by Gasteiger charge is -2.36. The normalized spacial score (nSPS) is 17.6. The number of hydrogen-bond donors (Lipinski definition) is 3. The Bertz CT molecular complexity index is 1220. The number of nitrogens with two attached hydrogens (primary N) is 1. The number of rotatable bonds is 8. The highest BCUT2D eigenvalue weighted by atomic mass is 35.5. The number of likely N-dealkylation sites (tertiary alicyclic amines) is 1. The first-order chi connectivity index (χ1) is 16.4. The molecule has 1 unspecified atom stereocenters. The van der Waals surface area contributed by atoms with E-state index in [0.717, 1.165) is 5.56 Å². The zero-order valence-corrected chi connectivity index (χ0v) is 19.0. The molecular weight excluding hydrogens is 458 g/mol. The number of primary amides is 1. The van der Waals surface area contributed by atoms with Crippen molar-refractivity contribution in [1.29, 1.82) is 0 Å². The van der Waals surface area contributed by atoms with Crippen molar-refractivity contribution in [2.75, 3.05) is 18.4 Å². The zero-order valence-electron chi connectivity index (χ0n) is 18.3. The summed E-state index contributed by atoms with van der Waals surface area (Å²) in [5.41, 5.74) is 7.47. The van der Waals surface area contributed by atoms with Gasteiger partial charge in [-0.25, -0.2) is 14.8 Å². The number of nitrogens with zero attached hydrogens (tertiary/aromatic N) is 5. The number of carbonyl (C=O) groups excluding carboxylic acids is 1. The molecule has 1 aliphatic carbocycles. The van der Waals surface area contributed by atoms with Crippen LogP contribution >= 0.6 is 11.6 Å². The number of nitrogens with one attached hydrogen (secondary N) is 1. The number of carbonyl (C=O) groups is 2. The minimum absolute atomic E-state index is 0.00566. The zero-order chi connectivity index (χ0) is 23.9. The first-order valence-electron chi connectivity index (χ1n) is 11.0. The predicted octanol–water partition coefficient (Wildman–Crippen LogP) is 3.20. The minimum atomic E-state index is -0.932. The second kappa shape index (κ2) is 8.60. The highest BCUT2D eigenvalue weighted by Crippen LogP contribution is 2.57. The number of benzene rings is 1. The third-order valence-electron chi connectivity index (χ3n) is 6.69. The van der Waals surface area contributed by atoms with Crippen molar-refractivity contribution in [2.45, 2.75) is 31.2 Å². The van der Waals surface area contributed by atoms with Crippen LogP contribution in [0.1, 0.15) is 36.1 Å². The van der Waals surface area contributed by atoms with Crippen LogP contribution in [0, 0.1) is 5.41 Å². The quantitative estimate of drug-likeness (QED) is 0.448. The Hall–Kier alpha value is -3.66. The van der Waals surface area contributed by atoms with Crippen LogP contribution < -0.4 is 11.1 Å². The van der Waals surface area contributed by atoms with Gasteiger partial charge in [0.2, 0.25) is 11.9 Å². The van der Waals surface area contributed by atoms with E-state index in [0.29, 0.717) is 54.7 Å². The van der Waals surface area contributed by atoms with E-state index < -0.39 is 11.5 Å². The van der Waals surface area contributed by atoms with Crippen LogP contribution in [0.3, 0.4) is 0 Å². The van der Waals surface area contributed by atoms with Crippen molar-refractivity contribution in [2.24, 2.45) is 11.1 Å². The number of carboxylic acid groups (broad SMARTS) is 1. The molecule has 2 aromatic heterocycles. The second-order valence-corrected chi connectivity index (χ2v) is 9.27. The summed E-state index contributed by atoms with van der Waals surface area (Å²) in [6.07, 6.45) is 6.00. The number of hydrogen-bond acceptors (Lipinski definition) is 6. The van der Waals surface area contributed by atoms with E-state index in [1.807, 2.05) is 30.3 Å². The summed E-state index contributed by atoms with van der Waals surface area (Å²) in [4.78, 5) is 33.7. The Morgan fingerprint density at radius 2 is 1.97 bits per heavy atom. The van der Waals surface area contributed by atoms with Crippen molar-refractivity contribution in [1.82, 2.24) is 24.6 Å². The largest absolute Gasteiger partial charge is 0.465 e. The van der Waals surface area contributed by atoms with Crippen molar-refractivity contribution in [3.05, 3.63) is 65.2 Å². The fourth-order valence-corrected chi connectivity index (χ4v) is 4.72. The minimum Gasteiger partial charge on any atom is -0.465 e. The summed E-state index contributed by atoms with van der Waals surface area (Å²) in [5, 5.41) is 16.9. The summed E-state index contributed by atoms with van der Waals surface area (Å²) in [7, 11) is 0. The highest BCUT2D eigenvalue weighted by Gasteiger charge is 2.55. The van der Waals surface area contributed by atoms with E-state index in [9.17, 15) is 9.59 Å². The SMILES string of the molecule is NC(=O)C1(C(Cc2ccccc2)c2nc(Nc3cnn(C4CN(C(=O)O)C4)c3)ncc2Cl)CC1. The topological polar surface area (TPSA) is 139 Å². The lowest BCUT2D eigenvalue weighted by Crippen LogP contribution is -2.50. The van der Waals surface area contributed by atoms with Crippen LogP contribution in [0.15, 0.2) is 48.9 Å². The third kappa shape index (κ3) is 4.16. The van der Waals surface area contributed by atoms with Gasteiger partial charge in [-0.2, -0.15) is 5.10 Å². The molecule has 1 aliphatic heterocycles. The van der Waals surface area contributed by atoms with Crippen molar-refractivity contribution in [3.8, 4) is 0 Å². The van der Waals surface area contributed by atoms with E-state index in [1.165, 1.54) is 11.1 Å². The molecule has 3 aromatic rings. The first-order valence-corrected chi connectivity index (χ1v) is 11.4. The molecule has 3 heterocycles. The number of amides is 2. The molecule has 34 heavy (non-hydrogen) atoms. The molecule has 2 aliphatic rings. The van der Waals surface area contributed by atoms with Crippen molar-refractivity contribution >= 4 is 35.2 Å². The molecule has 11 heteroatoms. The summed E-state index contributed by atoms with van der Waals surface area (Å²) < 4.78 is 1.73. The molecule has 1 aromatic carbocycles. The number of aromatic nitrogens is 4. The fraction of sp³-hybridized carbons (Fsp3) is 0.348. The smallest absolute Gasteiger partial charge is 0.407 e. The molecule has 0 radical (unpaired) electrons. The lowest BCUT2D eigenvalue weighted by atomic mass is 9.81. The first kappa shape index (κ1) is 22.1. The average molecular weight is 482 g/mol. The molecule has 1 saturated carbocycles. The summed E-state index contributed by atoms with van der Waals surface area (Å²) in [5.74, 6) is -0.281. The molecule has 2 fully saturated rings. The molecule has 1 atom stereocenters. The second-order valence-electron chi connectivity index (χ2n) is 8.86. The Morgan fingerprint density at radius 3 is 2.62 bits per heavy atom. The van der Waals surface area contributed by atoms with Gasteiger partial charge in [0, 0.05) is 25.2 Å². The van der Waals surface area contributed by atoms with Gasteiger partial charge >= 0.3 is 6.09 Å². The molecule has 5 rings (SSSR count). The highest BCUT2D eigenvalue weighted by molar-refractivity contribution is 6.31. The number of anilines is 2. The van der Waals surface area contributed by atoms with Gasteiger partial charge in [0.1, 0.15) is 0 Å². The Kier molecular flexibility index (Phi) is 5.60. The molecule has 10 nitrogen and oxygen atoms in total. The van der Waals surface area contributed by atoms with Gasteiger partial charge in [-0.05, 0) is 24.8 Å². The van der Waals surface area contributed by atoms with Crippen LogP contribution in [0.25, 0.3) is 0 Å². The Morgan fingerprint density at radius 1 is 1.24 bits per heavy atom. The van der Waals surface area contributed by atoms with E-state index in [2.05, 4.69) is 15.4 Å². The van der Waals surface area contributed by atoms with Gasteiger partial charge in [0.05, 0.1) is 40.3 Å². The third-order valence-corrected chi connectivity index (χ3v) is 6.99. The van der Waals surface area contributed by atoms with Crippen LogP contribution in [0.4, 0.5) is 16.4 Å². The molecule has 0 spiro atoms. The van der Waals surface area contributed by atoms with E-state index in [-0.39, 0.29) is 17.9 Å². The van der Waals surface area contributed by atoms with E-state index in [1.54, 1.807) is 17.1 Å². The maximum atomic E-state index is 12.4. The monoisotopic (exact) mass is 481 g/mol. The van der Waals surface area contributed by atoms with E-state index in [4.69, 9.17) is 27.4 Å². The van der Waals surface area contributed by atoms with Gasteiger partial charge in [0.15, 0.2) is 0 Å². The standard InChI is InChI=1S/C23H24ClN7O3/c24-18-10-26-21(28-15-9-27-31(11-15)16-12-30(13-16)22(33)34)29-19(18)17(23(6-7-23)20(25)32)8-14-4-2-1-3-5-14/h1-5,9-11,16-17H,6-8,12-13H2,(H2,25,32)(H,33,34)(H,26,28,29). The number of halogens is 1. The maximum absolute atomic E-state index is 12.4. The summed E-state index contributed by atoms with van der Waals surface area (Å²) in [6, 6.07) is 9.88. The lowest BCUT2D eigenvalue weighted by molar-refractivity contribution is -0.123. The Labute approximate surface area is 200 Å². The van der Waals surface area contributed by atoms with E-state index >= 15 is 0 Å². The molecule has 4 N–H and O–H groups in total. The van der Waals surface area contributed by atoms with Gasteiger partial charge < -0.3 is 21.1 Å². The average Bonchev–Trinajstić information content (AvgIpc) is 3.47. The van der Waals surface area contributed by atoms with Gasteiger partial charge in [0.25, 0.3) is 0 Å². The molecule has 0 bridgehead atoms. The van der Waals surface area contributed by atoms with Crippen LogP contribution in [-0.4, -0.2) is 54.8 Å². The van der Waals surface area contributed by atoms with Gasteiger partial charge in [-0.3, -0.25) is 9.48 Å². The summed E-state index contributed by atoms with van der Waals surface area (Å²) >= 11 is 6.54. The van der Waals surface area contributed by atoms with Crippen LogP contribution in [0.5, 0.6) is 0 Å². The predicted molar refractivity (Wildman–Crippen MR) is 125 cm³/mol. The molecule has 1 saturated heterocycles. The molecule has 2 amide bonds.